The summed E-state index contributed by atoms with van der Waals surface area (Å²) in [6.07, 6.45) is 6.40. The lowest BCUT2D eigenvalue weighted by atomic mass is 9.87. The highest BCUT2D eigenvalue weighted by Crippen LogP contribution is 2.41. The number of aromatic nitrogens is 1. The number of halogens is 2. The summed E-state index contributed by atoms with van der Waals surface area (Å²) in [5.41, 5.74) is 1.08. The molecule has 2 aromatic rings. The molecule has 0 bridgehead atoms. The first-order valence-electron chi connectivity index (χ1n) is 12.0. The number of methoxy groups -OCH3 is 1. The summed E-state index contributed by atoms with van der Waals surface area (Å²) in [5.74, 6) is -3.71. The largest absolute Gasteiger partial charge is 0.870 e. The average molecular weight is 543 g/mol. The molecule has 0 amide bonds. The van der Waals surface area contributed by atoms with Gasteiger partial charge in [-0.3, -0.25) is 0 Å². The Kier molecular flexibility index (Phi) is 6.23. The van der Waals surface area contributed by atoms with Crippen molar-refractivity contribution in [3.05, 3.63) is 64.5 Å². The number of carbonyl (C=O) groups excluding carboxylic acids is 1. The summed E-state index contributed by atoms with van der Waals surface area (Å²) in [5, 5.41) is 31.3. The maximum Gasteiger partial charge on any atom is 0.513 e. The number of nitrogens with zero attached hydrogens (tertiary/aromatic N) is 3. The summed E-state index contributed by atoms with van der Waals surface area (Å²) in [7, 11) is 1.07. The van der Waals surface area contributed by atoms with E-state index in [9.17, 15) is 15.0 Å². The molecule has 0 saturated carbocycles. The molecule has 1 fully saturated rings. The third-order valence-electron chi connectivity index (χ3n) is 7.08. The summed E-state index contributed by atoms with van der Waals surface area (Å²) >= 11 is 1.51. The number of carbonyl (C=O) groups is 1. The van der Waals surface area contributed by atoms with Gasteiger partial charge >= 0.3 is 6.16 Å². The van der Waals surface area contributed by atoms with E-state index in [-0.39, 0.29) is 58.8 Å². The Labute approximate surface area is 220 Å². The summed E-state index contributed by atoms with van der Waals surface area (Å²) < 4.78 is 46.4. The van der Waals surface area contributed by atoms with Crippen molar-refractivity contribution in [3.8, 4) is 22.8 Å². The van der Waals surface area contributed by atoms with E-state index >= 15 is 8.78 Å². The fraction of sp³-hybridized carbons (Fsp3) is 0.346. The number of benzene rings is 1. The topological polar surface area (TPSA) is 112 Å². The fourth-order valence-corrected chi connectivity index (χ4v) is 6.54. The highest BCUT2D eigenvalue weighted by atomic mass is 32.2. The van der Waals surface area contributed by atoms with Crippen molar-refractivity contribution < 1.29 is 42.4 Å². The van der Waals surface area contributed by atoms with Crippen LogP contribution in [0.25, 0.3) is 17.1 Å². The van der Waals surface area contributed by atoms with E-state index in [1.165, 1.54) is 21.0 Å². The van der Waals surface area contributed by atoms with Gasteiger partial charge in [-0.2, -0.15) is 0 Å². The lowest BCUT2D eigenvalue weighted by molar-refractivity contribution is -0.569. The molecule has 0 N–H and O–H groups in total. The molecule has 4 heterocycles. The molecule has 38 heavy (non-hydrogen) atoms. The van der Waals surface area contributed by atoms with Crippen LogP contribution in [0, 0.1) is 17.6 Å². The van der Waals surface area contributed by atoms with Gasteiger partial charge in [-0.1, -0.05) is 30.1 Å². The van der Waals surface area contributed by atoms with Crippen LogP contribution < -0.4 is 24.7 Å². The maximum atomic E-state index is 15.1. The number of rotatable bonds is 2. The van der Waals surface area contributed by atoms with Crippen LogP contribution >= 0.6 is 11.8 Å². The van der Waals surface area contributed by atoms with E-state index in [4.69, 9.17) is 9.47 Å². The van der Waals surface area contributed by atoms with Crippen LogP contribution in [0.4, 0.5) is 13.6 Å². The standard InChI is InChI=1S/C26H22F2N3O6S/c1-35-26(34)37-24-19(32)10-18(31-23(24)25(33)30-6-7-36-11-21(30)29-31)15-9-17(27)22(28)16-12-38-20-5-3-2-4-13(20)8-14(15)16/h2-5,9-10,13,20-21H,6-8,11-12H2,1H3/q-1/t13?,20?,21-/m0/s1. The second kappa shape index (κ2) is 9.59. The number of hydrogen-bond acceptors (Lipinski definition) is 9. The van der Waals surface area contributed by atoms with Gasteiger partial charge in [0.05, 0.1) is 25.9 Å². The fourth-order valence-electron chi connectivity index (χ4n) is 5.24. The van der Waals surface area contributed by atoms with Gasteiger partial charge in [-0.05, 0) is 33.4 Å². The lowest BCUT2D eigenvalue weighted by Gasteiger charge is -2.37. The lowest BCUT2D eigenvalue weighted by Crippen LogP contribution is -2.59. The normalized spacial score (nSPS) is 23.4. The number of ether oxygens (including phenoxy) is 3. The Hall–Kier alpha value is -3.64. The quantitative estimate of drug-likeness (QED) is 0.411. The van der Waals surface area contributed by atoms with Crippen LogP contribution in [-0.2, 0) is 21.6 Å². The molecule has 3 aliphatic heterocycles. The molecule has 198 valence electrons. The van der Waals surface area contributed by atoms with E-state index in [2.05, 4.69) is 9.85 Å². The van der Waals surface area contributed by atoms with Crippen LogP contribution in [0.2, 0.25) is 0 Å². The molecule has 0 radical (unpaired) electrons. The number of pyridine rings is 1. The Balaban J connectivity index is 1.64. The molecular formula is C26H22F2N3O6S-. The third-order valence-corrected chi connectivity index (χ3v) is 8.42. The Morgan fingerprint density at radius 1 is 1.24 bits per heavy atom. The second-order valence-corrected chi connectivity index (χ2v) is 10.4. The Morgan fingerprint density at radius 2 is 2.05 bits per heavy atom. The minimum Gasteiger partial charge on any atom is -0.870 e. The molecular weight excluding hydrogens is 520 g/mol. The van der Waals surface area contributed by atoms with Crippen LogP contribution in [0.1, 0.15) is 11.1 Å². The summed E-state index contributed by atoms with van der Waals surface area (Å²) in [6, 6.07) is 2.16. The number of hydrogen-bond donors (Lipinski definition) is 0. The van der Waals surface area contributed by atoms with Crippen molar-refractivity contribution in [3.63, 3.8) is 0 Å². The summed E-state index contributed by atoms with van der Waals surface area (Å²) in [6.45, 7) is 0.592. The van der Waals surface area contributed by atoms with Crippen molar-refractivity contribution in [1.82, 2.24) is 4.90 Å². The first-order chi connectivity index (χ1) is 18.4. The first-order valence-corrected chi connectivity index (χ1v) is 13.0. The van der Waals surface area contributed by atoms with Gasteiger partial charge in [0.1, 0.15) is 0 Å². The van der Waals surface area contributed by atoms with Gasteiger partial charge in [0.2, 0.25) is 17.6 Å². The Morgan fingerprint density at radius 3 is 2.87 bits per heavy atom. The van der Waals surface area contributed by atoms with Crippen LogP contribution in [-0.4, -0.2) is 49.3 Å². The third kappa shape index (κ3) is 3.99. The molecule has 9 nitrogen and oxygen atoms in total. The van der Waals surface area contributed by atoms with E-state index in [1.54, 1.807) is 0 Å². The molecule has 2 unspecified atom stereocenters. The highest BCUT2D eigenvalue weighted by molar-refractivity contribution is 7.99. The van der Waals surface area contributed by atoms with Crippen molar-refractivity contribution in [1.29, 1.82) is 0 Å². The van der Waals surface area contributed by atoms with Gasteiger partial charge in [-0.15, -0.1) is 11.8 Å². The van der Waals surface area contributed by atoms with E-state index in [1.807, 2.05) is 24.3 Å². The van der Waals surface area contributed by atoms with Gasteiger partial charge in [0.25, 0.3) is 5.35 Å². The van der Waals surface area contributed by atoms with Crippen molar-refractivity contribution in [2.45, 2.75) is 23.6 Å². The molecule has 6 rings (SSSR count). The number of allylic oxidation sites excluding steroid dienone is 3. The monoisotopic (exact) mass is 542 g/mol. The highest BCUT2D eigenvalue weighted by Gasteiger charge is 2.36. The van der Waals surface area contributed by atoms with Gasteiger partial charge < -0.3 is 29.3 Å². The van der Waals surface area contributed by atoms with E-state index in [0.29, 0.717) is 12.0 Å². The number of morpholine rings is 1. The predicted octanol–water partition coefficient (Wildman–Crippen LogP) is 1.17. The average Bonchev–Trinajstić information content (AvgIpc) is 3.12. The van der Waals surface area contributed by atoms with Gasteiger partial charge in [0.15, 0.2) is 11.6 Å². The molecule has 3 atom stereocenters. The minimum absolute atomic E-state index is 0.0187. The van der Waals surface area contributed by atoms with Crippen molar-refractivity contribution in [2.75, 3.05) is 26.9 Å². The molecule has 12 heteroatoms. The molecule has 1 aromatic carbocycles. The Bertz CT molecular complexity index is 1530. The minimum atomic E-state index is -1.18. The van der Waals surface area contributed by atoms with Gasteiger partial charge in [-0.25, -0.2) is 13.6 Å². The molecule has 0 spiro atoms. The molecule has 4 aliphatic rings. The summed E-state index contributed by atoms with van der Waals surface area (Å²) in [4.78, 5) is 13.4. The SMILES string of the molecule is COC(=O)Oc1c([O-])cc(-c2cc(F)c(F)c3c2CC2C=CC=CC2SC3)[n+]2c1=C([O-])N1CCOC[C@H]1N=2. The van der Waals surface area contributed by atoms with Crippen LogP contribution in [0.5, 0.6) is 11.5 Å². The number of thioether (sulfide) groups is 1. The van der Waals surface area contributed by atoms with Crippen molar-refractivity contribution >= 4 is 23.8 Å². The van der Waals surface area contributed by atoms with Crippen LogP contribution in [0.15, 0.2) is 41.6 Å². The molecule has 1 aromatic heterocycles. The maximum absolute atomic E-state index is 15.1. The number of fused-ring (bicyclic) bond motifs is 4. The van der Waals surface area contributed by atoms with E-state index in [0.717, 1.165) is 19.2 Å². The van der Waals surface area contributed by atoms with E-state index < -0.39 is 41.3 Å². The zero-order chi connectivity index (χ0) is 26.6. The smallest absolute Gasteiger partial charge is 0.513 e. The molecule has 1 aliphatic carbocycles. The predicted molar refractivity (Wildman–Crippen MR) is 127 cm³/mol. The van der Waals surface area contributed by atoms with Crippen molar-refractivity contribution in [2.24, 2.45) is 11.0 Å². The molecule has 1 saturated heterocycles. The zero-order valence-corrected chi connectivity index (χ0v) is 21.0. The van der Waals surface area contributed by atoms with Gasteiger partial charge in [0, 0.05) is 35.1 Å². The van der Waals surface area contributed by atoms with Crippen LogP contribution in [0.3, 0.4) is 0 Å². The second-order valence-electron chi connectivity index (χ2n) is 9.20. The zero-order valence-electron chi connectivity index (χ0n) is 20.2. The first kappa shape index (κ1) is 24.7.